The molecule has 4 N–H and O–H groups in total. The van der Waals surface area contributed by atoms with Gasteiger partial charge in [-0.1, -0.05) is 6.07 Å². The van der Waals surface area contributed by atoms with Gasteiger partial charge in [-0.3, -0.25) is 4.79 Å². The summed E-state index contributed by atoms with van der Waals surface area (Å²) in [6.45, 7) is 0.251. The summed E-state index contributed by atoms with van der Waals surface area (Å²) >= 11 is 0. The smallest absolute Gasteiger partial charge is 0.231 e. The van der Waals surface area contributed by atoms with Crippen molar-refractivity contribution in [3.63, 3.8) is 0 Å². The zero-order chi connectivity index (χ0) is 12.7. The van der Waals surface area contributed by atoms with Crippen LogP contribution in [0.1, 0.15) is 24.4 Å². The maximum absolute atomic E-state index is 11.2. The Balaban J connectivity index is 1.80. The molecule has 1 amide bonds. The average molecular weight is 248 g/mol. The van der Waals surface area contributed by atoms with Crippen LogP contribution in [0, 0.1) is 11.8 Å². The molecule has 18 heavy (non-hydrogen) atoms. The summed E-state index contributed by atoms with van der Waals surface area (Å²) in [6.07, 6.45) is 1.79. The predicted molar refractivity (Wildman–Crippen MR) is 64.9 cm³/mol. The van der Waals surface area contributed by atoms with E-state index < -0.39 is 0 Å². The van der Waals surface area contributed by atoms with Gasteiger partial charge in [-0.25, -0.2) is 0 Å². The van der Waals surface area contributed by atoms with Gasteiger partial charge in [-0.2, -0.15) is 0 Å². The first-order valence-electron chi connectivity index (χ1n) is 6.11. The molecule has 5 nitrogen and oxygen atoms in total. The highest BCUT2D eigenvalue weighted by Gasteiger charge is 2.39. The first kappa shape index (κ1) is 11.3. The molecule has 0 radical (unpaired) electrons. The minimum atomic E-state index is -0.248. The maximum Gasteiger partial charge on any atom is 0.231 e. The number of rotatable bonds is 3. The maximum atomic E-state index is 11.2. The Kier molecular flexibility index (Phi) is 2.63. The number of nitrogens with two attached hydrogens (primary N) is 2. The summed E-state index contributed by atoms with van der Waals surface area (Å²) in [5.41, 5.74) is 12.5. The van der Waals surface area contributed by atoms with Crippen LogP contribution in [0.4, 0.5) is 0 Å². The molecule has 1 aromatic rings. The zero-order valence-corrected chi connectivity index (χ0v) is 9.96. The largest absolute Gasteiger partial charge is 0.454 e. The van der Waals surface area contributed by atoms with Crippen LogP contribution in [-0.2, 0) is 4.79 Å². The summed E-state index contributed by atoms with van der Waals surface area (Å²) < 4.78 is 10.6. The van der Waals surface area contributed by atoms with Crippen LogP contribution in [0.25, 0.3) is 0 Å². The van der Waals surface area contributed by atoms with Gasteiger partial charge < -0.3 is 20.9 Å². The van der Waals surface area contributed by atoms with Crippen molar-refractivity contribution in [2.24, 2.45) is 23.3 Å². The molecular weight excluding hydrogens is 232 g/mol. The molecule has 1 heterocycles. The van der Waals surface area contributed by atoms with Gasteiger partial charge >= 0.3 is 0 Å². The Morgan fingerprint density at radius 2 is 2.06 bits per heavy atom. The molecule has 96 valence electrons. The summed E-state index contributed by atoms with van der Waals surface area (Å²) in [5.74, 6) is 1.26. The molecule has 1 aliphatic heterocycles. The summed E-state index contributed by atoms with van der Waals surface area (Å²) in [4.78, 5) is 11.2. The van der Waals surface area contributed by atoms with Crippen molar-refractivity contribution in [3.8, 4) is 11.5 Å². The van der Waals surface area contributed by atoms with Crippen molar-refractivity contribution in [1.29, 1.82) is 0 Å². The molecule has 0 bridgehead atoms. The fraction of sp³-hybridized carbons (Fsp3) is 0.462. The van der Waals surface area contributed by atoms with E-state index in [0.29, 0.717) is 0 Å². The number of hydrogen-bond acceptors (Lipinski definition) is 4. The third-order valence-electron chi connectivity index (χ3n) is 3.94. The fourth-order valence-corrected chi connectivity index (χ4v) is 2.68. The van der Waals surface area contributed by atoms with Crippen LogP contribution in [0.2, 0.25) is 0 Å². The molecular formula is C13H16N2O3. The molecule has 1 saturated carbocycles. The van der Waals surface area contributed by atoms with Crippen LogP contribution in [0.3, 0.4) is 0 Å². The Morgan fingerprint density at radius 3 is 2.72 bits per heavy atom. The topological polar surface area (TPSA) is 87.6 Å². The third kappa shape index (κ3) is 1.71. The highest BCUT2D eigenvalue weighted by atomic mass is 16.7. The molecule has 2 aliphatic rings. The van der Waals surface area contributed by atoms with E-state index in [1.165, 1.54) is 0 Å². The van der Waals surface area contributed by atoms with Crippen LogP contribution in [0.5, 0.6) is 11.5 Å². The van der Waals surface area contributed by atoms with E-state index >= 15 is 0 Å². The molecule has 0 spiro atoms. The second-order valence-electron chi connectivity index (χ2n) is 4.89. The van der Waals surface area contributed by atoms with Crippen molar-refractivity contribution in [2.75, 3.05) is 6.79 Å². The van der Waals surface area contributed by atoms with Crippen LogP contribution in [-0.4, -0.2) is 12.7 Å². The second kappa shape index (κ2) is 4.17. The number of carbonyl (C=O) groups excluding carboxylic acids is 1. The van der Waals surface area contributed by atoms with Gasteiger partial charge in [-0.05, 0) is 36.5 Å². The molecule has 5 heteroatoms. The second-order valence-corrected chi connectivity index (χ2v) is 4.89. The van der Waals surface area contributed by atoms with E-state index in [2.05, 4.69) is 0 Å². The minimum Gasteiger partial charge on any atom is -0.454 e. The fourth-order valence-electron chi connectivity index (χ4n) is 2.68. The van der Waals surface area contributed by atoms with Gasteiger partial charge in [0.2, 0.25) is 12.7 Å². The number of amides is 1. The first-order chi connectivity index (χ1) is 8.66. The standard InChI is InChI=1S/C13H16N2O3/c14-12(8-2-3-9(8)13(15)16)7-1-4-10-11(5-7)18-6-17-10/h1,4-5,8-9,12H,2-3,6,14H2,(H2,15,16). The molecule has 3 atom stereocenters. The van der Waals surface area contributed by atoms with Crippen molar-refractivity contribution in [1.82, 2.24) is 0 Å². The van der Waals surface area contributed by atoms with E-state index in [1.807, 2.05) is 18.2 Å². The summed E-state index contributed by atoms with van der Waals surface area (Å²) in [5, 5.41) is 0. The summed E-state index contributed by atoms with van der Waals surface area (Å²) in [6, 6.07) is 5.50. The van der Waals surface area contributed by atoms with Gasteiger partial charge in [0.1, 0.15) is 0 Å². The minimum absolute atomic E-state index is 0.0922. The quantitative estimate of drug-likeness (QED) is 0.832. The number of fused-ring (bicyclic) bond motifs is 1. The van der Waals surface area contributed by atoms with Crippen LogP contribution >= 0.6 is 0 Å². The Hall–Kier alpha value is -1.75. The Bertz CT molecular complexity index is 489. The van der Waals surface area contributed by atoms with Crippen LogP contribution in [0.15, 0.2) is 18.2 Å². The van der Waals surface area contributed by atoms with Crippen molar-refractivity contribution < 1.29 is 14.3 Å². The third-order valence-corrected chi connectivity index (χ3v) is 3.94. The lowest BCUT2D eigenvalue weighted by molar-refractivity contribution is -0.127. The average Bonchev–Trinajstić information content (AvgIpc) is 2.73. The zero-order valence-electron chi connectivity index (χ0n) is 9.96. The SMILES string of the molecule is NC(=O)C1CCC1C(N)c1ccc2c(c1)OCO2. The Morgan fingerprint density at radius 1 is 1.28 bits per heavy atom. The molecule has 0 aromatic heterocycles. The van der Waals surface area contributed by atoms with Gasteiger partial charge in [-0.15, -0.1) is 0 Å². The van der Waals surface area contributed by atoms with E-state index in [0.717, 1.165) is 29.9 Å². The van der Waals surface area contributed by atoms with E-state index in [-0.39, 0.29) is 30.6 Å². The van der Waals surface area contributed by atoms with E-state index in [4.69, 9.17) is 20.9 Å². The van der Waals surface area contributed by atoms with Gasteiger partial charge in [0.25, 0.3) is 0 Å². The number of carbonyl (C=O) groups is 1. The van der Waals surface area contributed by atoms with Gasteiger partial charge in [0.15, 0.2) is 11.5 Å². The van der Waals surface area contributed by atoms with Gasteiger partial charge in [0.05, 0.1) is 0 Å². The molecule has 1 aromatic carbocycles. The lowest BCUT2D eigenvalue weighted by atomic mass is 9.68. The predicted octanol–water partition coefficient (Wildman–Crippen LogP) is 0.927. The summed E-state index contributed by atoms with van der Waals surface area (Å²) in [7, 11) is 0. The number of hydrogen-bond donors (Lipinski definition) is 2. The van der Waals surface area contributed by atoms with E-state index in [9.17, 15) is 4.79 Å². The number of primary amides is 1. The monoisotopic (exact) mass is 248 g/mol. The molecule has 1 aliphatic carbocycles. The first-order valence-corrected chi connectivity index (χ1v) is 6.11. The van der Waals surface area contributed by atoms with Crippen molar-refractivity contribution in [3.05, 3.63) is 23.8 Å². The lowest BCUT2D eigenvalue weighted by Crippen LogP contribution is -2.42. The molecule has 3 rings (SSSR count). The van der Waals surface area contributed by atoms with E-state index in [1.54, 1.807) is 0 Å². The normalized spacial score (nSPS) is 26.5. The van der Waals surface area contributed by atoms with Crippen LogP contribution < -0.4 is 20.9 Å². The molecule has 3 unspecified atom stereocenters. The number of benzene rings is 1. The molecule has 0 saturated heterocycles. The van der Waals surface area contributed by atoms with Crippen molar-refractivity contribution in [2.45, 2.75) is 18.9 Å². The Labute approximate surface area is 105 Å². The highest BCUT2D eigenvalue weighted by Crippen LogP contribution is 2.43. The van der Waals surface area contributed by atoms with Crippen molar-refractivity contribution >= 4 is 5.91 Å². The highest BCUT2D eigenvalue weighted by molar-refractivity contribution is 5.78. The van der Waals surface area contributed by atoms with Gasteiger partial charge in [0, 0.05) is 12.0 Å². The number of ether oxygens (including phenoxy) is 2. The molecule has 1 fully saturated rings. The lowest BCUT2D eigenvalue weighted by Gasteiger charge is -2.38.